The zero-order valence-electron chi connectivity index (χ0n) is 15.8. The van der Waals surface area contributed by atoms with Gasteiger partial charge in [0.1, 0.15) is 6.04 Å². The van der Waals surface area contributed by atoms with E-state index in [0.717, 1.165) is 31.5 Å². The highest BCUT2D eigenvalue weighted by atomic mass is 16.2. The predicted molar refractivity (Wildman–Crippen MR) is 98.6 cm³/mol. The normalized spacial score (nSPS) is 18.2. The zero-order chi connectivity index (χ0) is 18.4. The quantitative estimate of drug-likeness (QED) is 0.738. The number of nitrogens with one attached hydrogen (secondary N) is 3. The Balaban J connectivity index is 2.03. The molecule has 3 N–H and O–H groups in total. The Morgan fingerprint density at radius 2 is 2.12 bits per heavy atom. The van der Waals surface area contributed by atoms with Crippen molar-refractivity contribution in [3.8, 4) is 0 Å². The number of hydrogen-bond donors (Lipinski definition) is 3. The molecule has 0 aliphatic carbocycles. The van der Waals surface area contributed by atoms with Gasteiger partial charge in [0.25, 0.3) is 0 Å². The summed E-state index contributed by atoms with van der Waals surface area (Å²) >= 11 is 0. The molecular formula is C18H31N5O2. The molecule has 1 aliphatic heterocycles. The fraction of sp³-hybridized carbons (Fsp3) is 0.722. The molecule has 7 heteroatoms. The minimum Gasteiger partial charge on any atom is -0.354 e. The van der Waals surface area contributed by atoms with E-state index in [1.54, 1.807) is 6.20 Å². The lowest BCUT2D eigenvalue weighted by Crippen LogP contribution is -2.47. The molecule has 140 valence electrons. The summed E-state index contributed by atoms with van der Waals surface area (Å²) in [7, 11) is 0. The molecule has 0 saturated carbocycles. The maximum Gasteiger partial charge on any atom is 0.319 e. The van der Waals surface area contributed by atoms with Gasteiger partial charge < -0.3 is 16.0 Å². The first-order chi connectivity index (χ1) is 11.9. The van der Waals surface area contributed by atoms with Crippen LogP contribution in [-0.2, 0) is 11.3 Å². The van der Waals surface area contributed by atoms with Crippen molar-refractivity contribution >= 4 is 17.6 Å². The van der Waals surface area contributed by atoms with Crippen molar-refractivity contribution in [2.24, 2.45) is 5.92 Å². The number of rotatable bonds is 6. The smallest absolute Gasteiger partial charge is 0.319 e. The number of anilines is 1. The Labute approximate surface area is 149 Å². The minimum atomic E-state index is -0.471. The van der Waals surface area contributed by atoms with Gasteiger partial charge in [-0.05, 0) is 37.5 Å². The van der Waals surface area contributed by atoms with Crippen molar-refractivity contribution in [1.82, 2.24) is 20.4 Å². The van der Waals surface area contributed by atoms with Crippen molar-refractivity contribution in [2.75, 3.05) is 11.9 Å². The number of carbonyl (C=O) groups is 2. The predicted octanol–water partition coefficient (Wildman–Crippen LogP) is 2.84. The van der Waals surface area contributed by atoms with E-state index in [1.807, 2.05) is 4.68 Å². The molecule has 0 unspecified atom stereocenters. The van der Waals surface area contributed by atoms with Crippen molar-refractivity contribution in [2.45, 2.75) is 71.9 Å². The second-order valence-electron chi connectivity index (χ2n) is 7.44. The van der Waals surface area contributed by atoms with Crippen molar-refractivity contribution in [3.63, 3.8) is 0 Å². The number of amides is 3. The van der Waals surface area contributed by atoms with Gasteiger partial charge in [0.2, 0.25) is 5.91 Å². The van der Waals surface area contributed by atoms with Crippen LogP contribution in [-0.4, -0.2) is 34.3 Å². The highest BCUT2D eigenvalue weighted by Crippen LogP contribution is 2.24. The van der Waals surface area contributed by atoms with Gasteiger partial charge in [-0.1, -0.05) is 27.7 Å². The first kappa shape index (κ1) is 19.3. The van der Waals surface area contributed by atoms with Gasteiger partial charge in [-0.25, -0.2) is 4.79 Å². The van der Waals surface area contributed by atoms with E-state index < -0.39 is 6.04 Å². The summed E-state index contributed by atoms with van der Waals surface area (Å²) in [6.45, 7) is 10.1. The van der Waals surface area contributed by atoms with Crippen LogP contribution >= 0.6 is 0 Å². The van der Waals surface area contributed by atoms with Gasteiger partial charge in [-0.15, -0.1) is 0 Å². The van der Waals surface area contributed by atoms with Crippen LogP contribution in [0.3, 0.4) is 0 Å². The van der Waals surface area contributed by atoms with Gasteiger partial charge in [0.15, 0.2) is 0 Å². The Morgan fingerprint density at radius 3 is 2.80 bits per heavy atom. The number of carbonyl (C=O) groups excluding carboxylic acids is 2. The first-order valence-corrected chi connectivity index (χ1v) is 9.29. The molecule has 7 nitrogen and oxygen atoms in total. The molecule has 1 aromatic heterocycles. The SMILES string of the molecule is CC(C)CCn1ncc(NC(=O)N[C@H]2CCCCNC2=O)c1C(C)C. The van der Waals surface area contributed by atoms with Crippen LogP contribution < -0.4 is 16.0 Å². The fourth-order valence-electron chi connectivity index (χ4n) is 3.05. The van der Waals surface area contributed by atoms with E-state index >= 15 is 0 Å². The maximum absolute atomic E-state index is 12.3. The van der Waals surface area contributed by atoms with Crippen LogP contribution in [0.4, 0.5) is 10.5 Å². The average Bonchev–Trinajstić information content (AvgIpc) is 2.82. The van der Waals surface area contributed by atoms with Gasteiger partial charge in [-0.2, -0.15) is 5.10 Å². The highest BCUT2D eigenvalue weighted by molar-refractivity contribution is 5.94. The van der Waals surface area contributed by atoms with E-state index in [1.165, 1.54) is 0 Å². The van der Waals surface area contributed by atoms with E-state index in [2.05, 4.69) is 48.7 Å². The molecule has 0 spiro atoms. The molecule has 1 aromatic rings. The van der Waals surface area contributed by atoms with Crippen LogP contribution in [0.5, 0.6) is 0 Å². The summed E-state index contributed by atoms with van der Waals surface area (Å²) in [5.41, 5.74) is 1.73. The standard InChI is InChI=1S/C18H31N5O2/c1-12(2)8-10-23-16(13(3)4)15(11-20-23)22-18(25)21-14-7-5-6-9-19-17(14)24/h11-14H,5-10H2,1-4H3,(H,19,24)(H2,21,22,25)/t14-/m0/s1. The van der Waals surface area contributed by atoms with E-state index in [9.17, 15) is 9.59 Å². The Kier molecular flexibility index (Phi) is 6.84. The van der Waals surface area contributed by atoms with Crippen molar-refractivity contribution in [1.29, 1.82) is 0 Å². The molecule has 1 saturated heterocycles. The zero-order valence-corrected chi connectivity index (χ0v) is 15.8. The van der Waals surface area contributed by atoms with Gasteiger partial charge >= 0.3 is 6.03 Å². The lowest BCUT2D eigenvalue weighted by molar-refractivity contribution is -0.122. The first-order valence-electron chi connectivity index (χ1n) is 9.29. The van der Waals surface area contributed by atoms with Gasteiger partial charge in [0.05, 0.1) is 17.6 Å². The lowest BCUT2D eigenvalue weighted by atomic mass is 10.1. The van der Waals surface area contributed by atoms with Gasteiger partial charge in [-0.3, -0.25) is 9.48 Å². The summed E-state index contributed by atoms with van der Waals surface area (Å²) in [6.07, 6.45) is 5.28. The Morgan fingerprint density at radius 1 is 1.36 bits per heavy atom. The molecule has 2 rings (SSSR count). The molecule has 1 atom stereocenters. The molecule has 0 bridgehead atoms. The summed E-state index contributed by atoms with van der Waals surface area (Å²) < 4.78 is 1.97. The highest BCUT2D eigenvalue weighted by Gasteiger charge is 2.23. The van der Waals surface area contributed by atoms with E-state index in [-0.39, 0.29) is 17.9 Å². The Bertz CT molecular complexity index is 594. The summed E-state index contributed by atoms with van der Waals surface area (Å²) in [5.74, 6) is 0.730. The number of aryl methyl sites for hydroxylation is 1. The van der Waals surface area contributed by atoms with Crippen LogP contribution in [0.25, 0.3) is 0 Å². The summed E-state index contributed by atoms with van der Waals surface area (Å²) in [4.78, 5) is 24.3. The number of hydrogen-bond acceptors (Lipinski definition) is 3. The van der Waals surface area contributed by atoms with Crippen molar-refractivity contribution < 1.29 is 9.59 Å². The Hall–Kier alpha value is -2.05. The van der Waals surface area contributed by atoms with Gasteiger partial charge in [0, 0.05) is 13.1 Å². The lowest BCUT2D eigenvalue weighted by Gasteiger charge is -2.17. The number of aromatic nitrogens is 2. The summed E-state index contributed by atoms with van der Waals surface area (Å²) in [6, 6.07) is -0.826. The largest absolute Gasteiger partial charge is 0.354 e. The second-order valence-corrected chi connectivity index (χ2v) is 7.44. The van der Waals surface area contributed by atoms with Crippen LogP contribution in [0.15, 0.2) is 6.20 Å². The number of urea groups is 1. The molecule has 1 fully saturated rings. The molecule has 2 heterocycles. The topological polar surface area (TPSA) is 88.1 Å². The molecule has 1 aliphatic rings. The molecule has 25 heavy (non-hydrogen) atoms. The third kappa shape index (κ3) is 5.47. The summed E-state index contributed by atoms with van der Waals surface area (Å²) in [5, 5.41) is 12.9. The van der Waals surface area contributed by atoms with Crippen LogP contribution in [0, 0.1) is 5.92 Å². The molecule has 0 radical (unpaired) electrons. The minimum absolute atomic E-state index is 0.107. The maximum atomic E-state index is 12.3. The van der Waals surface area contributed by atoms with Crippen molar-refractivity contribution in [3.05, 3.63) is 11.9 Å². The molecule has 3 amide bonds. The van der Waals surface area contributed by atoms with E-state index in [4.69, 9.17) is 0 Å². The monoisotopic (exact) mass is 349 g/mol. The fourth-order valence-corrected chi connectivity index (χ4v) is 3.05. The molecular weight excluding hydrogens is 318 g/mol. The van der Waals surface area contributed by atoms with E-state index in [0.29, 0.717) is 24.6 Å². The van der Waals surface area contributed by atoms with Crippen LogP contribution in [0.2, 0.25) is 0 Å². The third-order valence-corrected chi connectivity index (χ3v) is 4.43. The average molecular weight is 349 g/mol. The second kappa shape index (κ2) is 8.87. The molecule has 0 aromatic carbocycles. The number of nitrogens with zero attached hydrogens (tertiary/aromatic N) is 2. The third-order valence-electron chi connectivity index (χ3n) is 4.43. The van der Waals surface area contributed by atoms with Crippen LogP contribution in [0.1, 0.15) is 65.0 Å².